The van der Waals surface area contributed by atoms with Crippen molar-refractivity contribution >= 4 is 27.6 Å². The Morgan fingerprint density at radius 1 is 1.48 bits per heavy atom. The van der Waals surface area contributed by atoms with Crippen LogP contribution in [0.4, 0.5) is 0 Å². The number of hydrogen-bond donors (Lipinski definition) is 1. The molecule has 1 unspecified atom stereocenters. The molecule has 0 amide bonds. The molecule has 1 atom stereocenters. The van der Waals surface area contributed by atoms with Gasteiger partial charge < -0.3 is 9.84 Å². The molecular formula is C13H16ClNO5S. The van der Waals surface area contributed by atoms with E-state index in [9.17, 15) is 13.2 Å². The van der Waals surface area contributed by atoms with Gasteiger partial charge in [0.05, 0.1) is 16.7 Å². The van der Waals surface area contributed by atoms with Gasteiger partial charge >= 0.3 is 5.97 Å². The van der Waals surface area contributed by atoms with Crippen molar-refractivity contribution in [1.82, 2.24) is 4.31 Å². The first-order chi connectivity index (χ1) is 9.82. The molecule has 1 saturated heterocycles. The van der Waals surface area contributed by atoms with Crippen molar-refractivity contribution in [3.63, 3.8) is 0 Å². The van der Waals surface area contributed by atoms with Crippen molar-refractivity contribution in [2.75, 3.05) is 19.7 Å². The molecule has 0 saturated carbocycles. The fourth-order valence-electron chi connectivity index (χ4n) is 2.15. The Balaban J connectivity index is 2.43. The van der Waals surface area contributed by atoms with Gasteiger partial charge in [-0.15, -0.1) is 0 Å². The van der Waals surface area contributed by atoms with E-state index < -0.39 is 16.0 Å². The van der Waals surface area contributed by atoms with Crippen LogP contribution >= 0.6 is 11.6 Å². The molecule has 1 aliphatic rings. The smallest absolute Gasteiger partial charge is 0.335 e. The van der Waals surface area contributed by atoms with Crippen LogP contribution in [0.3, 0.4) is 0 Å². The molecule has 2 rings (SSSR count). The van der Waals surface area contributed by atoms with Crippen LogP contribution in [0.25, 0.3) is 0 Å². The van der Waals surface area contributed by atoms with Gasteiger partial charge in [-0.2, -0.15) is 4.31 Å². The van der Waals surface area contributed by atoms with Crippen molar-refractivity contribution in [3.05, 3.63) is 28.8 Å². The van der Waals surface area contributed by atoms with Gasteiger partial charge in [-0.3, -0.25) is 0 Å². The van der Waals surface area contributed by atoms with Gasteiger partial charge in [-0.25, -0.2) is 13.2 Å². The number of ether oxygens (including phenoxy) is 1. The number of benzene rings is 1. The number of carboxylic acids is 1. The molecule has 0 aliphatic carbocycles. The highest BCUT2D eigenvalue weighted by molar-refractivity contribution is 7.89. The topological polar surface area (TPSA) is 83.9 Å². The predicted octanol–water partition coefficient (Wildman–Crippen LogP) is 1.84. The molecule has 1 heterocycles. The summed E-state index contributed by atoms with van der Waals surface area (Å²) >= 11 is 5.95. The van der Waals surface area contributed by atoms with Gasteiger partial charge in [0.15, 0.2) is 0 Å². The van der Waals surface area contributed by atoms with E-state index in [4.69, 9.17) is 21.4 Å². The highest BCUT2D eigenvalue weighted by atomic mass is 35.5. The summed E-state index contributed by atoms with van der Waals surface area (Å²) in [5.74, 6) is -1.20. The number of rotatable bonds is 3. The first-order valence-corrected chi connectivity index (χ1v) is 8.29. The minimum atomic E-state index is -3.85. The maximum absolute atomic E-state index is 12.7. The van der Waals surface area contributed by atoms with Gasteiger partial charge in [0.2, 0.25) is 10.0 Å². The molecule has 0 radical (unpaired) electrons. The molecule has 1 fully saturated rings. The van der Waals surface area contributed by atoms with E-state index in [0.29, 0.717) is 19.6 Å². The lowest BCUT2D eigenvalue weighted by Crippen LogP contribution is -2.36. The van der Waals surface area contributed by atoms with E-state index in [1.165, 1.54) is 16.4 Å². The summed E-state index contributed by atoms with van der Waals surface area (Å²) in [5.41, 5.74) is -0.114. The summed E-state index contributed by atoms with van der Waals surface area (Å²) in [6.07, 6.45) is 0.364. The maximum atomic E-state index is 12.7. The average molecular weight is 334 g/mol. The molecule has 1 N–H and O–H groups in total. The monoisotopic (exact) mass is 333 g/mol. The van der Waals surface area contributed by atoms with Crippen LogP contribution in [-0.2, 0) is 14.8 Å². The molecule has 0 aromatic heterocycles. The van der Waals surface area contributed by atoms with Crippen LogP contribution in [-0.4, -0.2) is 49.6 Å². The Morgan fingerprint density at radius 2 is 2.19 bits per heavy atom. The van der Waals surface area contributed by atoms with Crippen LogP contribution in [0.15, 0.2) is 23.1 Å². The zero-order chi connectivity index (χ0) is 15.6. The quantitative estimate of drug-likeness (QED) is 0.912. The Bertz CT molecular complexity index is 646. The number of carboxylic acid groups (broad SMARTS) is 1. The standard InChI is InChI=1S/C13H16ClNO5S/c1-9-8-15(5-2-6-20-9)21(18,19)12-7-10(13(16)17)3-4-11(12)14/h3-4,7,9H,2,5-6,8H2,1H3,(H,16,17). The Morgan fingerprint density at radius 3 is 2.86 bits per heavy atom. The first-order valence-electron chi connectivity index (χ1n) is 6.47. The van der Waals surface area contributed by atoms with Gasteiger partial charge in [-0.05, 0) is 31.5 Å². The lowest BCUT2D eigenvalue weighted by Gasteiger charge is -2.22. The van der Waals surface area contributed by atoms with Crippen LogP contribution in [0, 0.1) is 0 Å². The largest absolute Gasteiger partial charge is 0.478 e. The van der Waals surface area contributed by atoms with Gasteiger partial charge in [0.1, 0.15) is 4.90 Å². The van der Waals surface area contributed by atoms with Crippen molar-refractivity contribution in [2.45, 2.75) is 24.3 Å². The Hall–Kier alpha value is -1.15. The first kappa shape index (κ1) is 16.2. The summed E-state index contributed by atoms with van der Waals surface area (Å²) in [5, 5.41) is 9.00. The lowest BCUT2D eigenvalue weighted by molar-refractivity contribution is 0.0696. The van der Waals surface area contributed by atoms with Crippen molar-refractivity contribution in [3.8, 4) is 0 Å². The zero-order valence-corrected chi connectivity index (χ0v) is 13.0. The molecule has 1 aromatic rings. The Kier molecular flexibility index (Phi) is 4.88. The maximum Gasteiger partial charge on any atom is 0.335 e. The van der Waals surface area contributed by atoms with Gasteiger partial charge in [0, 0.05) is 19.7 Å². The molecule has 8 heteroatoms. The SMILES string of the molecule is CC1CN(S(=O)(=O)c2cc(C(=O)O)ccc2Cl)CCCO1. The van der Waals surface area contributed by atoms with E-state index in [-0.39, 0.29) is 28.1 Å². The molecule has 116 valence electrons. The van der Waals surface area contributed by atoms with Gasteiger partial charge in [-0.1, -0.05) is 11.6 Å². The third kappa shape index (κ3) is 3.55. The highest BCUT2D eigenvalue weighted by Crippen LogP contribution is 2.27. The average Bonchev–Trinajstić information content (AvgIpc) is 2.64. The fraction of sp³-hybridized carbons (Fsp3) is 0.462. The number of carbonyl (C=O) groups is 1. The number of nitrogens with zero attached hydrogens (tertiary/aromatic N) is 1. The number of sulfonamides is 1. The molecule has 1 aromatic carbocycles. The van der Waals surface area contributed by atoms with Crippen LogP contribution < -0.4 is 0 Å². The van der Waals surface area contributed by atoms with Crippen LogP contribution in [0.5, 0.6) is 0 Å². The minimum Gasteiger partial charge on any atom is -0.478 e. The third-order valence-corrected chi connectivity index (χ3v) is 5.56. The van der Waals surface area contributed by atoms with Crippen molar-refractivity contribution in [2.24, 2.45) is 0 Å². The summed E-state index contributed by atoms with van der Waals surface area (Å²) in [6.45, 7) is 2.83. The third-order valence-electron chi connectivity index (χ3n) is 3.21. The van der Waals surface area contributed by atoms with Crippen LogP contribution in [0.1, 0.15) is 23.7 Å². The summed E-state index contributed by atoms with van der Waals surface area (Å²) < 4.78 is 32.1. The van der Waals surface area contributed by atoms with Crippen molar-refractivity contribution in [1.29, 1.82) is 0 Å². The lowest BCUT2D eigenvalue weighted by atomic mass is 10.2. The van der Waals surface area contributed by atoms with Crippen LogP contribution in [0.2, 0.25) is 5.02 Å². The summed E-state index contributed by atoms with van der Waals surface area (Å²) in [6, 6.07) is 3.66. The van der Waals surface area contributed by atoms with E-state index >= 15 is 0 Å². The minimum absolute atomic E-state index is 0.0119. The summed E-state index contributed by atoms with van der Waals surface area (Å²) in [4.78, 5) is 10.8. The van der Waals surface area contributed by atoms with Crippen molar-refractivity contribution < 1.29 is 23.1 Å². The molecular weight excluding hydrogens is 318 g/mol. The fourth-order valence-corrected chi connectivity index (χ4v) is 4.20. The van der Waals surface area contributed by atoms with E-state index in [1.54, 1.807) is 6.92 Å². The molecule has 1 aliphatic heterocycles. The number of halogens is 1. The molecule has 21 heavy (non-hydrogen) atoms. The molecule has 6 nitrogen and oxygen atoms in total. The predicted molar refractivity (Wildman–Crippen MR) is 77.2 cm³/mol. The normalized spacial score (nSPS) is 21.0. The van der Waals surface area contributed by atoms with E-state index in [1.807, 2.05) is 0 Å². The summed E-state index contributed by atoms with van der Waals surface area (Å²) in [7, 11) is -3.85. The second-order valence-corrected chi connectivity index (χ2v) is 7.16. The zero-order valence-electron chi connectivity index (χ0n) is 11.5. The number of hydrogen-bond acceptors (Lipinski definition) is 4. The molecule has 0 bridgehead atoms. The molecule has 0 spiro atoms. The van der Waals surface area contributed by atoms with Gasteiger partial charge in [0.25, 0.3) is 0 Å². The second kappa shape index (κ2) is 6.31. The van der Waals surface area contributed by atoms with E-state index in [0.717, 1.165) is 6.07 Å². The Labute approximate surface area is 128 Å². The van der Waals surface area contributed by atoms with E-state index in [2.05, 4.69) is 0 Å². The second-order valence-electron chi connectivity index (χ2n) is 4.85. The number of aromatic carboxylic acids is 1. The highest BCUT2D eigenvalue weighted by Gasteiger charge is 2.30.